The van der Waals surface area contributed by atoms with Gasteiger partial charge >= 0.3 is 0 Å². The Hall–Kier alpha value is -0.890. The molecule has 1 aromatic heterocycles. The van der Waals surface area contributed by atoms with Crippen LogP contribution in [-0.2, 0) is 6.54 Å². The van der Waals surface area contributed by atoms with E-state index in [9.17, 15) is 0 Å². The van der Waals surface area contributed by atoms with Gasteiger partial charge in [-0.2, -0.15) is 11.8 Å². The summed E-state index contributed by atoms with van der Waals surface area (Å²) in [7, 11) is 0. The molecule has 0 atom stereocenters. The Morgan fingerprint density at radius 1 is 1.25 bits per heavy atom. The zero-order valence-corrected chi connectivity index (χ0v) is 10.9. The summed E-state index contributed by atoms with van der Waals surface area (Å²) >= 11 is 2.03. The molecule has 16 heavy (non-hydrogen) atoms. The van der Waals surface area contributed by atoms with E-state index in [1.807, 2.05) is 11.8 Å². The molecule has 0 saturated carbocycles. The lowest BCUT2D eigenvalue weighted by molar-refractivity contribution is 0.709. The zero-order chi connectivity index (χ0) is 11.4. The van der Waals surface area contributed by atoms with Crippen LogP contribution >= 0.6 is 11.8 Å². The summed E-state index contributed by atoms with van der Waals surface area (Å²) in [5.74, 6) is 2.49. The summed E-state index contributed by atoms with van der Waals surface area (Å²) in [6.45, 7) is 5.52. The maximum atomic E-state index is 2.37. The second kappa shape index (κ2) is 5.44. The van der Waals surface area contributed by atoms with Crippen molar-refractivity contribution >= 4 is 22.7 Å². The molecule has 0 aliphatic heterocycles. The summed E-state index contributed by atoms with van der Waals surface area (Å²) in [4.78, 5) is 0. The van der Waals surface area contributed by atoms with Crippen LogP contribution in [0.15, 0.2) is 30.5 Å². The standard InChI is InChI=1S/C14H19NS/c1-3-16-10-4-8-15-9-7-13-6-5-12(2)11-14(13)15/h5-7,9,11H,3-4,8,10H2,1-2H3. The van der Waals surface area contributed by atoms with E-state index in [2.05, 4.69) is 48.9 Å². The third-order valence-electron chi connectivity index (χ3n) is 2.82. The van der Waals surface area contributed by atoms with Crippen LogP contribution in [0.5, 0.6) is 0 Å². The largest absolute Gasteiger partial charge is 0.347 e. The Balaban J connectivity index is 2.09. The van der Waals surface area contributed by atoms with E-state index in [4.69, 9.17) is 0 Å². The fraction of sp³-hybridized carbons (Fsp3) is 0.429. The molecule has 0 bridgehead atoms. The molecule has 0 spiro atoms. The Labute approximate surface area is 102 Å². The van der Waals surface area contributed by atoms with Crippen molar-refractivity contribution in [3.05, 3.63) is 36.0 Å². The first-order valence-corrected chi connectivity index (χ1v) is 7.10. The van der Waals surface area contributed by atoms with Gasteiger partial charge in [-0.25, -0.2) is 0 Å². The predicted molar refractivity (Wildman–Crippen MR) is 74.3 cm³/mol. The maximum absolute atomic E-state index is 2.37. The normalized spacial score (nSPS) is 11.1. The molecule has 86 valence electrons. The summed E-state index contributed by atoms with van der Waals surface area (Å²) in [5, 5.41) is 1.36. The molecule has 1 aromatic carbocycles. The van der Waals surface area contributed by atoms with Crippen molar-refractivity contribution in [2.24, 2.45) is 0 Å². The smallest absolute Gasteiger partial charge is 0.0482 e. The number of aromatic nitrogens is 1. The quantitative estimate of drug-likeness (QED) is 0.704. The Kier molecular flexibility index (Phi) is 3.94. The van der Waals surface area contributed by atoms with Gasteiger partial charge in [0.2, 0.25) is 0 Å². The minimum absolute atomic E-state index is 1.14. The highest BCUT2D eigenvalue weighted by molar-refractivity contribution is 7.99. The average Bonchev–Trinajstić information content (AvgIpc) is 2.67. The average molecular weight is 233 g/mol. The van der Waals surface area contributed by atoms with Crippen LogP contribution in [0.3, 0.4) is 0 Å². The molecule has 0 aliphatic carbocycles. The lowest BCUT2D eigenvalue weighted by atomic mass is 10.2. The molecule has 0 unspecified atom stereocenters. The lowest BCUT2D eigenvalue weighted by Crippen LogP contribution is -1.97. The number of rotatable bonds is 5. The molecule has 0 radical (unpaired) electrons. The highest BCUT2D eigenvalue weighted by Gasteiger charge is 2.00. The van der Waals surface area contributed by atoms with Gasteiger partial charge in [0.25, 0.3) is 0 Å². The van der Waals surface area contributed by atoms with Crippen molar-refractivity contribution in [2.75, 3.05) is 11.5 Å². The molecular weight excluding hydrogens is 214 g/mol. The molecule has 2 rings (SSSR count). The fourth-order valence-electron chi connectivity index (χ4n) is 1.97. The van der Waals surface area contributed by atoms with Crippen LogP contribution in [0.25, 0.3) is 10.9 Å². The van der Waals surface area contributed by atoms with Gasteiger partial charge in [-0.15, -0.1) is 0 Å². The summed E-state index contributed by atoms with van der Waals surface area (Å²) < 4.78 is 2.37. The Morgan fingerprint density at radius 3 is 2.94 bits per heavy atom. The SMILES string of the molecule is CCSCCCn1ccc2ccc(C)cc21. The Morgan fingerprint density at radius 2 is 2.12 bits per heavy atom. The molecule has 1 heterocycles. The second-order valence-corrected chi connectivity index (χ2v) is 5.52. The third-order valence-corrected chi connectivity index (χ3v) is 3.81. The van der Waals surface area contributed by atoms with Crippen LogP contribution < -0.4 is 0 Å². The fourth-order valence-corrected chi connectivity index (χ4v) is 2.59. The molecule has 2 aromatic rings. The van der Waals surface area contributed by atoms with Gasteiger partial charge < -0.3 is 4.57 Å². The number of fused-ring (bicyclic) bond motifs is 1. The van der Waals surface area contributed by atoms with Gasteiger partial charge in [-0.05, 0) is 47.9 Å². The van der Waals surface area contributed by atoms with E-state index in [1.54, 1.807) is 0 Å². The minimum Gasteiger partial charge on any atom is -0.347 e. The number of hydrogen-bond donors (Lipinski definition) is 0. The van der Waals surface area contributed by atoms with Crippen molar-refractivity contribution in [1.82, 2.24) is 4.57 Å². The molecule has 0 aliphatic rings. The second-order valence-electron chi connectivity index (χ2n) is 4.12. The van der Waals surface area contributed by atoms with E-state index >= 15 is 0 Å². The third kappa shape index (κ3) is 2.62. The summed E-state index contributed by atoms with van der Waals surface area (Å²) in [6, 6.07) is 8.88. The molecule has 0 N–H and O–H groups in total. The van der Waals surface area contributed by atoms with E-state index in [1.165, 1.54) is 34.4 Å². The molecule has 0 fully saturated rings. The first-order valence-electron chi connectivity index (χ1n) is 5.94. The topological polar surface area (TPSA) is 4.93 Å². The van der Waals surface area contributed by atoms with E-state index in [0.717, 1.165) is 6.54 Å². The molecule has 0 saturated heterocycles. The summed E-state index contributed by atoms with van der Waals surface area (Å²) in [5.41, 5.74) is 2.72. The van der Waals surface area contributed by atoms with Crippen LogP contribution in [-0.4, -0.2) is 16.1 Å². The monoisotopic (exact) mass is 233 g/mol. The van der Waals surface area contributed by atoms with Crippen LogP contribution in [0.4, 0.5) is 0 Å². The first-order chi connectivity index (χ1) is 7.81. The maximum Gasteiger partial charge on any atom is 0.0482 e. The number of thioether (sulfide) groups is 1. The lowest BCUT2D eigenvalue weighted by Gasteiger charge is -2.05. The van der Waals surface area contributed by atoms with Crippen molar-refractivity contribution in [3.8, 4) is 0 Å². The van der Waals surface area contributed by atoms with E-state index < -0.39 is 0 Å². The van der Waals surface area contributed by atoms with Crippen LogP contribution in [0, 0.1) is 6.92 Å². The highest BCUT2D eigenvalue weighted by atomic mass is 32.2. The van der Waals surface area contributed by atoms with Crippen LogP contribution in [0.2, 0.25) is 0 Å². The number of nitrogens with zero attached hydrogens (tertiary/aromatic N) is 1. The van der Waals surface area contributed by atoms with Crippen molar-refractivity contribution in [1.29, 1.82) is 0 Å². The predicted octanol–water partition coefficient (Wildman–Crippen LogP) is 4.09. The van der Waals surface area contributed by atoms with Gasteiger partial charge in [-0.3, -0.25) is 0 Å². The molecular formula is C14H19NS. The molecule has 1 nitrogen and oxygen atoms in total. The van der Waals surface area contributed by atoms with E-state index in [-0.39, 0.29) is 0 Å². The van der Waals surface area contributed by atoms with Crippen LogP contribution in [0.1, 0.15) is 18.9 Å². The van der Waals surface area contributed by atoms with Gasteiger partial charge in [0.1, 0.15) is 0 Å². The molecule has 0 amide bonds. The van der Waals surface area contributed by atoms with Gasteiger partial charge in [-0.1, -0.05) is 19.1 Å². The van der Waals surface area contributed by atoms with Crippen molar-refractivity contribution in [3.63, 3.8) is 0 Å². The van der Waals surface area contributed by atoms with Crippen molar-refractivity contribution < 1.29 is 0 Å². The molecule has 2 heteroatoms. The number of aryl methyl sites for hydroxylation is 2. The number of hydrogen-bond acceptors (Lipinski definition) is 1. The zero-order valence-electron chi connectivity index (χ0n) is 10.1. The summed E-state index contributed by atoms with van der Waals surface area (Å²) in [6.07, 6.45) is 3.47. The van der Waals surface area contributed by atoms with Gasteiger partial charge in [0, 0.05) is 18.3 Å². The Bertz CT molecular complexity index is 459. The van der Waals surface area contributed by atoms with E-state index in [0.29, 0.717) is 0 Å². The highest BCUT2D eigenvalue weighted by Crippen LogP contribution is 2.18. The van der Waals surface area contributed by atoms with Gasteiger partial charge in [0.05, 0.1) is 0 Å². The van der Waals surface area contributed by atoms with Gasteiger partial charge in [0.15, 0.2) is 0 Å². The first kappa shape index (κ1) is 11.6. The number of benzene rings is 1. The minimum atomic E-state index is 1.14. The van der Waals surface area contributed by atoms with Crippen molar-refractivity contribution in [2.45, 2.75) is 26.8 Å².